The monoisotopic (exact) mass is 265 g/mol. The molecule has 0 fully saturated rings. The number of halogens is 1. The average Bonchev–Trinajstić information content (AvgIpc) is 2.13. The van der Waals surface area contributed by atoms with Gasteiger partial charge in [-0.15, -0.1) is 0 Å². The number of rotatable bonds is 6. The Morgan fingerprint density at radius 1 is 1.43 bits per heavy atom. The first-order valence-electron chi connectivity index (χ1n) is 5.01. The zero-order chi connectivity index (χ0) is 11.1. The van der Waals surface area contributed by atoms with Gasteiger partial charge < -0.3 is 10.4 Å². The predicted octanol–water partition coefficient (Wildman–Crippen LogP) is 1.54. The summed E-state index contributed by atoms with van der Waals surface area (Å²) in [5, 5.41) is 11.5. The molecule has 0 spiro atoms. The molecule has 0 aromatic heterocycles. The van der Waals surface area contributed by atoms with E-state index in [-0.39, 0.29) is 17.3 Å². The summed E-state index contributed by atoms with van der Waals surface area (Å²) in [4.78, 5) is 11.4. The van der Waals surface area contributed by atoms with Crippen molar-refractivity contribution in [1.82, 2.24) is 5.32 Å². The minimum atomic E-state index is -0.121. The fourth-order valence-corrected chi connectivity index (χ4v) is 1.16. The van der Waals surface area contributed by atoms with Crippen molar-refractivity contribution < 1.29 is 9.90 Å². The largest absolute Gasteiger partial charge is 0.396 e. The molecule has 3 nitrogen and oxygen atoms in total. The summed E-state index contributed by atoms with van der Waals surface area (Å²) in [7, 11) is 0. The van der Waals surface area contributed by atoms with Crippen molar-refractivity contribution in [2.24, 2.45) is 11.8 Å². The first-order valence-corrected chi connectivity index (χ1v) is 5.93. The zero-order valence-electron chi connectivity index (χ0n) is 9.09. The molecule has 4 heteroatoms. The van der Waals surface area contributed by atoms with E-state index in [1.807, 2.05) is 20.8 Å². The minimum absolute atomic E-state index is 0.0322. The molecular formula is C10H20BrNO2. The maximum Gasteiger partial charge on any atom is 0.234 e. The van der Waals surface area contributed by atoms with Crippen molar-refractivity contribution >= 4 is 21.8 Å². The van der Waals surface area contributed by atoms with Crippen LogP contribution in [0, 0.1) is 11.8 Å². The predicted molar refractivity (Wildman–Crippen MR) is 61.4 cm³/mol. The van der Waals surface area contributed by atoms with E-state index in [1.54, 1.807) is 0 Å². The van der Waals surface area contributed by atoms with Crippen molar-refractivity contribution in [2.75, 3.05) is 13.2 Å². The van der Waals surface area contributed by atoms with Gasteiger partial charge in [0.25, 0.3) is 0 Å². The zero-order valence-corrected chi connectivity index (χ0v) is 10.7. The number of hydrogen-bond donors (Lipinski definition) is 2. The fraction of sp³-hybridized carbons (Fsp3) is 0.900. The maximum atomic E-state index is 11.5. The summed E-state index contributed by atoms with van der Waals surface area (Å²) in [5.74, 6) is 0.656. The molecule has 0 rings (SSSR count). The molecule has 84 valence electrons. The lowest BCUT2D eigenvalue weighted by molar-refractivity contribution is -0.121. The Kier molecular flexibility index (Phi) is 7.19. The molecule has 0 aliphatic rings. The normalized spacial score (nSPS) is 15.3. The summed E-state index contributed by atoms with van der Waals surface area (Å²) < 4.78 is 0. The smallest absolute Gasteiger partial charge is 0.234 e. The van der Waals surface area contributed by atoms with Crippen LogP contribution in [0.25, 0.3) is 0 Å². The highest BCUT2D eigenvalue weighted by Crippen LogP contribution is 2.11. The minimum Gasteiger partial charge on any atom is -0.396 e. The van der Waals surface area contributed by atoms with Crippen LogP contribution >= 0.6 is 15.9 Å². The Labute approximate surface area is 94.4 Å². The second-order valence-electron chi connectivity index (χ2n) is 4.01. The van der Waals surface area contributed by atoms with E-state index in [0.29, 0.717) is 18.4 Å². The van der Waals surface area contributed by atoms with Crippen LogP contribution in [0.1, 0.15) is 27.2 Å². The number of hydrogen-bond acceptors (Lipinski definition) is 2. The van der Waals surface area contributed by atoms with Crippen LogP contribution in [0.4, 0.5) is 0 Å². The van der Waals surface area contributed by atoms with Crippen LogP contribution in [0.15, 0.2) is 0 Å². The molecule has 14 heavy (non-hydrogen) atoms. The van der Waals surface area contributed by atoms with Gasteiger partial charge in [-0.3, -0.25) is 4.79 Å². The first kappa shape index (κ1) is 13.9. The Morgan fingerprint density at radius 2 is 2.00 bits per heavy atom. The molecule has 0 heterocycles. The van der Waals surface area contributed by atoms with E-state index in [2.05, 4.69) is 21.2 Å². The van der Waals surface area contributed by atoms with Crippen molar-refractivity contribution in [3.05, 3.63) is 0 Å². The molecule has 0 saturated heterocycles. The van der Waals surface area contributed by atoms with E-state index in [4.69, 9.17) is 5.11 Å². The Bertz CT molecular complexity index is 174. The van der Waals surface area contributed by atoms with Gasteiger partial charge in [0.1, 0.15) is 0 Å². The summed E-state index contributed by atoms with van der Waals surface area (Å²) in [6, 6.07) is 0. The summed E-state index contributed by atoms with van der Waals surface area (Å²) in [5.41, 5.74) is 0. The van der Waals surface area contributed by atoms with Crippen LogP contribution < -0.4 is 5.32 Å². The Hall–Kier alpha value is -0.0900. The van der Waals surface area contributed by atoms with Gasteiger partial charge in [-0.25, -0.2) is 0 Å². The average molecular weight is 266 g/mol. The van der Waals surface area contributed by atoms with Gasteiger partial charge in [0.2, 0.25) is 5.91 Å². The van der Waals surface area contributed by atoms with Crippen molar-refractivity contribution in [3.63, 3.8) is 0 Å². The third kappa shape index (κ3) is 5.60. The van der Waals surface area contributed by atoms with E-state index in [9.17, 15) is 4.79 Å². The molecule has 0 bridgehead atoms. The molecule has 2 unspecified atom stereocenters. The van der Waals surface area contributed by atoms with Crippen LogP contribution in [-0.4, -0.2) is 29.0 Å². The molecule has 0 aliphatic carbocycles. The van der Waals surface area contributed by atoms with Crippen LogP contribution in [0.3, 0.4) is 0 Å². The molecule has 0 saturated carbocycles. The number of aliphatic hydroxyl groups excluding tert-OH is 1. The SMILES string of the molecule is CC(CCO)CNC(=O)C(Br)C(C)C. The molecule has 1 amide bonds. The van der Waals surface area contributed by atoms with Crippen LogP contribution in [-0.2, 0) is 4.79 Å². The number of carbonyl (C=O) groups is 1. The standard InChI is InChI=1S/C10H20BrNO2/c1-7(2)9(11)10(14)12-6-8(3)4-5-13/h7-9,13H,4-6H2,1-3H3,(H,12,14). The van der Waals surface area contributed by atoms with Gasteiger partial charge in [0.15, 0.2) is 0 Å². The molecule has 0 aromatic rings. The highest BCUT2D eigenvalue weighted by molar-refractivity contribution is 9.10. The quantitative estimate of drug-likeness (QED) is 0.716. The van der Waals surface area contributed by atoms with Crippen molar-refractivity contribution in [1.29, 1.82) is 0 Å². The fourth-order valence-electron chi connectivity index (χ4n) is 0.998. The van der Waals surface area contributed by atoms with Gasteiger partial charge in [0, 0.05) is 13.2 Å². The molecular weight excluding hydrogens is 246 g/mol. The summed E-state index contributed by atoms with van der Waals surface area (Å²) in [6.45, 7) is 6.81. The third-order valence-corrected chi connectivity index (χ3v) is 3.56. The number of amides is 1. The lowest BCUT2D eigenvalue weighted by atomic mass is 10.1. The highest BCUT2D eigenvalue weighted by atomic mass is 79.9. The summed E-state index contributed by atoms with van der Waals surface area (Å²) in [6.07, 6.45) is 0.731. The Morgan fingerprint density at radius 3 is 2.43 bits per heavy atom. The van der Waals surface area contributed by atoms with Gasteiger partial charge in [0.05, 0.1) is 4.83 Å². The number of alkyl halides is 1. The Balaban J connectivity index is 3.73. The second kappa shape index (κ2) is 7.23. The van der Waals surface area contributed by atoms with Gasteiger partial charge >= 0.3 is 0 Å². The lowest BCUT2D eigenvalue weighted by Gasteiger charge is -2.16. The third-order valence-electron chi connectivity index (χ3n) is 2.08. The number of aliphatic hydroxyl groups is 1. The molecule has 0 aromatic carbocycles. The van der Waals surface area contributed by atoms with E-state index in [0.717, 1.165) is 6.42 Å². The molecule has 0 aliphatic heterocycles. The number of nitrogens with one attached hydrogen (secondary N) is 1. The van der Waals surface area contributed by atoms with Crippen LogP contribution in [0.2, 0.25) is 0 Å². The highest BCUT2D eigenvalue weighted by Gasteiger charge is 2.18. The van der Waals surface area contributed by atoms with E-state index in [1.165, 1.54) is 0 Å². The number of carbonyl (C=O) groups excluding carboxylic acids is 1. The van der Waals surface area contributed by atoms with E-state index >= 15 is 0 Å². The van der Waals surface area contributed by atoms with E-state index < -0.39 is 0 Å². The van der Waals surface area contributed by atoms with Gasteiger partial charge in [-0.2, -0.15) is 0 Å². The van der Waals surface area contributed by atoms with Crippen molar-refractivity contribution in [2.45, 2.75) is 32.0 Å². The second-order valence-corrected chi connectivity index (χ2v) is 4.99. The van der Waals surface area contributed by atoms with Gasteiger partial charge in [-0.1, -0.05) is 36.7 Å². The first-order chi connectivity index (χ1) is 6.49. The van der Waals surface area contributed by atoms with Crippen molar-refractivity contribution in [3.8, 4) is 0 Å². The summed E-state index contributed by atoms with van der Waals surface area (Å²) >= 11 is 3.34. The lowest BCUT2D eigenvalue weighted by Crippen LogP contribution is -2.36. The molecule has 2 N–H and O–H groups in total. The van der Waals surface area contributed by atoms with Crippen LogP contribution in [0.5, 0.6) is 0 Å². The maximum absolute atomic E-state index is 11.5. The molecule has 0 radical (unpaired) electrons. The van der Waals surface area contributed by atoms with Gasteiger partial charge in [-0.05, 0) is 18.3 Å². The molecule has 2 atom stereocenters. The topological polar surface area (TPSA) is 49.3 Å².